The molecule has 3 aromatic rings. The molecule has 0 radical (unpaired) electrons. The Hall–Kier alpha value is -2.06. The molecular formula is C21H23BrN4O2S. The fraction of sp³-hybridized carbons (Fsp3) is 0.381. The summed E-state index contributed by atoms with van der Waals surface area (Å²) in [7, 11) is 0. The van der Waals surface area contributed by atoms with Gasteiger partial charge in [-0.05, 0) is 53.4 Å². The Balaban J connectivity index is 1.56. The van der Waals surface area contributed by atoms with E-state index in [-0.39, 0.29) is 11.2 Å². The van der Waals surface area contributed by atoms with E-state index in [2.05, 4.69) is 43.6 Å². The third kappa shape index (κ3) is 4.93. The number of halogens is 1. The van der Waals surface area contributed by atoms with E-state index in [1.807, 2.05) is 41.8 Å². The van der Waals surface area contributed by atoms with Gasteiger partial charge in [0.1, 0.15) is 0 Å². The molecule has 1 amide bonds. The van der Waals surface area contributed by atoms with Crippen LogP contribution in [-0.2, 0) is 11.3 Å². The first-order valence-electron chi connectivity index (χ1n) is 9.80. The van der Waals surface area contributed by atoms with Crippen molar-refractivity contribution in [1.82, 2.24) is 20.1 Å². The second-order valence-electron chi connectivity index (χ2n) is 7.23. The standard InChI is InChI=1S/C21H23BrN4O2S/c1-14(20(27)23-16-9-5-6-10-16)29-21-25-24-19(17-11-12-18(22)28-17)26(21)13-15-7-3-2-4-8-15/h2-4,7-8,11-12,14,16H,5-6,9-10,13H2,1H3,(H,23,27). The summed E-state index contributed by atoms with van der Waals surface area (Å²) in [5.41, 5.74) is 1.13. The molecule has 0 spiro atoms. The molecule has 0 saturated heterocycles. The van der Waals surface area contributed by atoms with E-state index in [1.165, 1.54) is 24.6 Å². The van der Waals surface area contributed by atoms with Crippen molar-refractivity contribution < 1.29 is 9.21 Å². The largest absolute Gasteiger partial charge is 0.446 e. The lowest BCUT2D eigenvalue weighted by molar-refractivity contribution is -0.120. The van der Waals surface area contributed by atoms with Crippen molar-refractivity contribution in [2.24, 2.45) is 0 Å². The van der Waals surface area contributed by atoms with Crippen molar-refractivity contribution >= 4 is 33.6 Å². The molecule has 4 rings (SSSR count). The molecule has 0 aliphatic heterocycles. The lowest BCUT2D eigenvalue weighted by Gasteiger charge is -2.16. The summed E-state index contributed by atoms with van der Waals surface area (Å²) in [5, 5.41) is 12.3. The lowest BCUT2D eigenvalue weighted by atomic mass is 10.2. The molecular weight excluding hydrogens is 452 g/mol. The van der Waals surface area contributed by atoms with Crippen LogP contribution in [0, 0.1) is 0 Å². The maximum Gasteiger partial charge on any atom is 0.233 e. The topological polar surface area (TPSA) is 73.0 Å². The van der Waals surface area contributed by atoms with E-state index in [1.54, 1.807) is 0 Å². The Bertz CT molecular complexity index is 966. The van der Waals surface area contributed by atoms with E-state index >= 15 is 0 Å². The highest BCUT2D eigenvalue weighted by atomic mass is 79.9. The Labute approximate surface area is 182 Å². The maximum absolute atomic E-state index is 12.6. The number of benzene rings is 1. The number of thioether (sulfide) groups is 1. The quantitative estimate of drug-likeness (QED) is 0.493. The highest BCUT2D eigenvalue weighted by molar-refractivity contribution is 9.10. The Morgan fingerprint density at radius 3 is 2.69 bits per heavy atom. The van der Waals surface area contributed by atoms with Crippen LogP contribution in [0.5, 0.6) is 0 Å². The molecule has 6 nitrogen and oxygen atoms in total. The summed E-state index contributed by atoms with van der Waals surface area (Å²) in [4.78, 5) is 12.6. The minimum absolute atomic E-state index is 0.0541. The molecule has 152 valence electrons. The van der Waals surface area contributed by atoms with Crippen molar-refractivity contribution in [2.75, 3.05) is 0 Å². The van der Waals surface area contributed by atoms with Crippen molar-refractivity contribution in [2.45, 2.75) is 55.6 Å². The molecule has 1 N–H and O–H groups in total. The van der Waals surface area contributed by atoms with Crippen molar-refractivity contribution in [1.29, 1.82) is 0 Å². The van der Waals surface area contributed by atoms with Crippen LogP contribution in [-0.4, -0.2) is 32.0 Å². The molecule has 2 heterocycles. The summed E-state index contributed by atoms with van der Waals surface area (Å²) in [5.74, 6) is 1.33. The number of amides is 1. The van der Waals surface area contributed by atoms with Gasteiger partial charge in [0.25, 0.3) is 0 Å². The average Bonchev–Trinajstić information content (AvgIpc) is 3.45. The molecule has 1 aromatic carbocycles. The number of nitrogens with one attached hydrogen (secondary N) is 1. The number of rotatable bonds is 7. The van der Waals surface area contributed by atoms with Gasteiger partial charge in [-0.3, -0.25) is 9.36 Å². The van der Waals surface area contributed by atoms with Gasteiger partial charge in [0.05, 0.1) is 11.8 Å². The smallest absolute Gasteiger partial charge is 0.233 e. The first-order chi connectivity index (χ1) is 14.1. The van der Waals surface area contributed by atoms with Gasteiger partial charge >= 0.3 is 0 Å². The van der Waals surface area contributed by atoms with Gasteiger partial charge in [0.2, 0.25) is 11.7 Å². The molecule has 0 bridgehead atoms. The van der Waals surface area contributed by atoms with Gasteiger partial charge in [-0.15, -0.1) is 10.2 Å². The Morgan fingerprint density at radius 1 is 1.24 bits per heavy atom. The summed E-state index contributed by atoms with van der Waals surface area (Å²) in [6, 6.07) is 14.1. The van der Waals surface area contributed by atoms with Crippen LogP contribution in [0.1, 0.15) is 38.2 Å². The Kier molecular flexibility index (Phi) is 6.40. The minimum atomic E-state index is -0.259. The number of carbonyl (C=O) groups excluding carboxylic acids is 1. The molecule has 1 aliphatic rings. The third-order valence-electron chi connectivity index (χ3n) is 5.05. The summed E-state index contributed by atoms with van der Waals surface area (Å²) in [6.45, 7) is 2.51. The fourth-order valence-corrected chi connectivity index (χ4v) is 4.67. The second kappa shape index (κ2) is 9.17. The molecule has 8 heteroatoms. The van der Waals surface area contributed by atoms with Gasteiger partial charge in [-0.1, -0.05) is 54.9 Å². The number of hydrogen-bond acceptors (Lipinski definition) is 5. The molecule has 29 heavy (non-hydrogen) atoms. The normalized spacial score (nSPS) is 15.5. The van der Waals surface area contributed by atoms with Crippen LogP contribution in [0.15, 0.2) is 56.7 Å². The van der Waals surface area contributed by atoms with Gasteiger partial charge in [-0.2, -0.15) is 0 Å². The summed E-state index contributed by atoms with van der Waals surface area (Å²) >= 11 is 4.77. The van der Waals surface area contributed by atoms with Crippen LogP contribution in [0.25, 0.3) is 11.6 Å². The van der Waals surface area contributed by atoms with Crippen molar-refractivity contribution in [3.63, 3.8) is 0 Å². The van der Waals surface area contributed by atoms with E-state index in [4.69, 9.17) is 4.42 Å². The van der Waals surface area contributed by atoms with Gasteiger partial charge in [0, 0.05) is 6.04 Å². The zero-order chi connectivity index (χ0) is 20.2. The van der Waals surface area contributed by atoms with E-state index in [0.717, 1.165) is 18.4 Å². The number of furan rings is 1. The molecule has 1 fully saturated rings. The predicted molar refractivity (Wildman–Crippen MR) is 117 cm³/mol. The third-order valence-corrected chi connectivity index (χ3v) is 6.55. The van der Waals surface area contributed by atoms with E-state index in [9.17, 15) is 4.79 Å². The van der Waals surface area contributed by atoms with Crippen LogP contribution < -0.4 is 5.32 Å². The molecule has 1 unspecified atom stereocenters. The predicted octanol–water partition coefficient (Wildman–Crippen LogP) is 4.89. The number of carbonyl (C=O) groups is 1. The number of hydrogen-bond donors (Lipinski definition) is 1. The zero-order valence-corrected chi connectivity index (χ0v) is 18.6. The highest BCUT2D eigenvalue weighted by Crippen LogP contribution is 2.30. The van der Waals surface area contributed by atoms with Gasteiger partial charge < -0.3 is 9.73 Å². The van der Waals surface area contributed by atoms with Crippen LogP contribution in [0.2, 0.25) is 0 Å². The number of nitrogens with zero attached hydrogens (tertiary/aromatic N) is 3. The fourth-order valence-electron chi connectivity index (χ4n) is 3.50. The van der Waals surface area contributed by atoms with Gasteiger partial charge in [0.15, 0.2) is 15.6 Å². The molecule has 1 aliphatic carbocycles. The minimum Gasteiger partial charge on any atom is -0.446 e. The average molecular weight is 475 g/mol. The van der Waals surface area contributed by atoms with Crippen molar-refractivity contribution in [3.8, 4) is 11.6 Å². The first-order valence-corrected chi connectivity index (χ1v) is 11.5. The summed E-state index contributed by atoms with van der Waals surface area (Å²) in [6.07, 6.45) is 4.54. The monoisotopic (exact) mass is 474 g/mol. The van der Waals surface area contributed by atoms with Crippen LogP contribution in [0.4, 0.5) is 0 Å². The molecule has 1 atom stereocenters. The second-order valence-corrected chi connectivity index (χ2v) is 9.32. The van der Waals surface area contributed by atoms with Crippen LogP contribution in [0.3, 0.4) is 0 Å². The van der Waals surface area contributed by atoms with Gasteiger partial charge in [-0.25, -0.2) is 0 Å². The SMILES string of the molecule is CC(Sc1nnc(-c2ccc(Br)o2)n1Cc1ccccc1)C(=O)NC1CCCC1. The Morgan fingerprint density at radius 2 is 2.00 bits per heavy atom. The van der Waals surface area contributed by atoms with E-state index in [0.29, 0.717) is 34.0 Å². The summed E-state index contributed by atoms with van der Waals surface area (Å²) < 4.78 is 8.35. The highest BCUT2D eigenvalue weighted by Gasteiger charge is 2.25. The lowest BCUT2D eigenvalue weighted by Crippen LogP contribution is -2.37. The zero-order valence-electron chi connectivity index (χ0n) is 16.2. The maximum atomic E-state index is 12.6. The first kappa shape index (κ1) is 20.2. The van der Waals surface area contributed by atoms with Crippen LogP contribution >= 0.6 is 27.7 Å². The molecule has 1 saturated carbocycles. The molecule has 2 aromatic heterocycles. The van der Waals surface area contributed by atoms with E-state index < -0.39 is 0 Å². The number of aromatic nitrogens is 3. The van der Waals surface area contributed by atoms with Crippen molar-refractivity contribution in [3.05, 3.63) is 52.7 Å².